The molecule has 2 amide bonds. The summed E-state index contributed by atoms with van der Waals surface area (Å²) in [5, 5.41) is 3.06. The van der Waals surface area contributed by atoms with E-state index in [1.54, 1.807) is 0 Å². The molecule has 0 aromatic heterocycles. The van der Waals surface area contributed by atoms with Crippen LogP contribution < -0.4 is 5.32 Å². The average Bonchev–Trinajstić information content (AvgIpc) is 2.74. The molecule has 4 rings (SSSR count). The first-order chi connectivity index (χ1) is 13.6. The first-order valence-corrected chi connectivity index (χ1v) is 10.2. The summed E-state index contributed by atoms with van der Waals surface area (Å²) < 4.78 is 0. The number of nitrogens with zero attached hydrogens (tertiary/aromatic N) is 1. The molecule has 146 valence electrons. The number of carbonyl (C=O) groups excluding carboxylic acids is 2. The van der Waals surface area contributed by atoms with Gasteiger partial charge in [0.2, 0.25) is 11.8 Å². The van der Waals surface area contributed by atoms with E-state index in [4.69, 9.17) is 0 Å². The molecule has 0 saturated carbocycles. The molecule has 2 aliphatic rings. The highest BCUT2D eigenvalue weighted by atomic mass is 16.2. The molecule has 28 heavy (non-hydrogen) atoms. The van der Waals surface area contributed by atoms with Crippen LogP contribution in [0, 0.1) is 5.41 Å². The van der Waals surface area contributed by atoms with E-state index >= 15 is 0 Å². The Morgan fingerprint density at radius 1 is 1.04 bits per heavy atom. The molecule has 2 aromatic carbocycles. The molecular formula is C24H28N2O2. The zero-order valence-corrected chi connectivity index (χ0v) is 16.4. The smallest absolute Gasteiger partial charge is 0.229 e. The largest absolute Gasteiger partial charge is 0.355 e. The number of carbonyl (C=O) groups is 2. The Morgan fingerprint density at radius 3 is 2.29 bits per heavy atom. The molecule has 0 aliphatic carbocycles. The van der Waals surface area contributed by atoms with Crippen molar-refractivity contribution in [3.05, 3.63) is 71.8 Å². The standard InChI is InChI=1S/C24H28N2O2/c1-18(19-8-4-2-5-9-19)23(28)26-14-12-24(13-15-26)16-22(27)25-17-21(24)20-10-6-3-7-11-20/h2-11,18,21H,12-17H2,1H3,(H,25,27). The van der Waals surface area contributed by atoms with Crippen LogP contribution >= 0.6 is 0 Å². The van der Waals surface area contributed by atoms with Crippen molar-refractivity contribution in [2.24, 2.45) is 5.41 Å². The quantitative estimate of drug-likeness (QED) is 0.888. The van der Waals surface area contributed by atoms with Crippen LogP contribution in [0.3, 0.4) is 0 Å². The molecule has 2 atom stereocenters. The van der Waals surface area contributed by atoms with Crippen LogP contribution in [0.5, 0.6) is 0 Å². The maximum absolute atomic E-state index is 13.0. The molecule has 4 heteroatoms. The van der Waals surface area contributed by atoms with Gasteiger partial charge in [-0.25, -0.2) is 0 Å². The van der Waals surface area contributed by atoms with Crippen molar-refractivity contribution in [2.45, 2.75) is 38.0 Å². The molecule has 4 nitrogen and oxygen atoms in total. The van der Waals surface area contributed by atoms with Gasteiger partial charge < -0.3 is 10.2 Å². The van der Waals surface area contributed by atoms with Gasteiger partial charge in [-0.1, -0.05) is 60.7 Å². The molecule has 2 saturated heterocycles. The summed E-state index contributed by atoms with van der Waals surface area (Å²) in [6, 6.07) is 20.5. The van der Waals surface area contributed by atoms with Gasteiger partial charge in [0.15, 0.2) is 0 Å². The first kappa shape index (κ1) is 18.7. The van der Waals surface area contributed by atoms with Crippen molar-refractivity contribution in [3.63, 3.8) is 0 Å². The molecule has 2 heterocycles. The average molecular weight is 377 g/mol. The maximum atomic E-state index is 13.0. The third-order valence-electron chi connectivity index (χ3n) is 6.70. The van der Waals surface area contributed by atoms with Crippen LogP contribution in [0.4, 0.5) is 0 Å². The van der Waals surface area contributed by atoms with E-state index in [1.807, 2.05) is 48.2 Å². The van der Waals surface area contributed by atoms with Crippen molar-refractivity contribution in [2.75, 3.05) is 19.6 Å². The second-order valence-corrected chi connectivity index (χ2v) is 8.26. The predicted molar refractivity (Wildman–Crippen MR) is 110 cm³/mol. The lowest BCUT2D eigenvalue weighted by atomic mass is 9.62. The third kappa shape index (κ3) is 3.56. The van der Waals surface area contributed by atoms with Gasteiger partial charge in [0.1, 0.15) is 0 Å². The van der Waals surface area contributed by atoms with Crippen LogP contribution in [-0.2, 0) is 9.59 Å². The van der Waals surface area contributed by atoms with E-state index in [9.17, 15) is 9.59 Å². The van der Waals surface area contributed by atoms with Crippen molar-refractivity contribution < 1.29 is 9.59 Å². The Labute approximate surface area is 166 Å². The molecule has 0 bridgehead atoms. The van der Waals surface area contributed by atoms with Crippen LogP contribution in [0.25, 0.3) is 0 Å². The van der Waals surface area contributed by atoms with Crippen molar-refractivity contribution >= 4 is 11.8 Å². The van der Waals surface area contributed by atoms with Gasteiger partial charge in [0, 0.05) is 32.0 Å². The fraction of sp³-hybridized carbons (Fsp3) is 0.417. The summed E-state index contributed by atoms with van der Waals surface area (Å²) in [6.07, 6.45) is 2.32. The second kappa shape index (κ2) is 7.78. The van der Waals surface area contributed by atoms with E-state index in [2.05, 4.69) is 29.6 Å². The fourth-order valence-electron chi connectivity index (χ4n) is 4.95. The number of nitrogens with one attached hydrogen (secondary N) is 1. The highest BCUT2D eigenvalue weighted by Gasteiger charge is 2.46. The predicted octanol–water partition coefficient (Wildman–Crippen LogP) is 3.70. The summed E-state index contributed by atoms with van der Waals surface area (Å²) >= 11 is 0. The van der Waals surface area contributed by atoms with Crippen LogP contribution in [0.1, 0.15) is 49.1 Å². The summed E-state index contributed by atoms with van der Waals surface area (Å²) in [5.41, 5.74) is 2.31. The summed E-state index contributed by atoms with van der Waals surface area (Å²) in [5.74, 6) is 0.521. The van der Waals surface area contributed by atoms with E-state index < -0.39 is 0 Å². The Hall–Kier alpha value is -2.62. The van der Waals surface area contributed by atoms with E-state index in [0.717, 1.165) is 31.5 Å². The van der Waals surface area contributed by atoms with Crippen molar-refractivity contribution in [1.82, 2.24) is 10.2 Å². The normalized spacial score (nSPS) is 22.5. The molecule has 2 fully saturated rings. The zero-order valence-electron chi connectivity index (χ0n) is 16.4. The highest BCUT2D eigenvalue weighted by molar-refractivity contribution is 5.83. The Bertz CT molecular complexity index is 826. The lowest BCUT2D eigenvalue weighted by molar-refractivity contribution is -0.136. The molecular weight excluding hydrogens is 348 g/mol. The number of likely N-dealkylation sites (tertiary alicyclic amines) is 1. The lowest BCUT2D eigenvalue weighted by Crippen LogP contribution is -2.53. The Kier molecular flexibility index (Phi) is 5.21. The van der Waals surface area contributed by atoms with Gasteiger partial charge >= 0.3 is 0 Å². The molecule has 2 aromatic rings. The molecule has 2 unspecified atom stereocenters. The van der Waals surface area contributed by atoms with Gasteiger partial charge in [-0.15, -0.1) is 0 Å². The van der Waals surface area contributed by atoms with Crippen molar-refractivity contribution in [3.8, 4) is 0 Å². The number of rotatable bonds is 3. The minimum atomic E-state index is -0.130. The second-order valence-electron chi connectivity index (χ2n) is 8.26. The van der Waals surface area contributed by atoms with Gasteiger partial charge in [-0.05, 0) is 36.3 Å². The van der Waals surface area contributed by atoms with Gasteiger partial charge in [-0.3, -0.25) is 9.59 Å². The monoisotopic (exact) mass is 376 g/mol. The Balaban J connectivity index is 1.49. The first-order valence-electron chi connectivity index (χ1n) is 10.2. The van der Waals surface area contributed by atoms with Gasteiger partial charge in [0.25, 0.3) is 0 Å². The molecule has 0 radical (unpaired) electrons. The van der Waals surface area contributed by atoms with Crippen LogP contribution in [0.15, 0.2) is 60.7 Å². The third-order valence-corrected chi connectivity index (χ3v) is 6.70. The molecule has 1 N–H and O–H groups in total. The van der Waals surface area contributed by atoms with Crippen LogP contribution in [0.2, 0.25) is 0 Å². The van der Waals surface area contributed by atoms with Crippen LogP contribution in [-0.4, -0.2) is 36.3 Å². The van der Waals surface area contributed by atoms with E-state index in [0.29, 0.717) is 18.9 Å². The molecule has 1 spiro atoms. The van der Waals surface area contributed by atoms with E-state index in [1.165, 1.54) is 5.56 Å². The van der Waals surface area contributed by atoms with Gasteiger partial charge in [0.05, 0.1) is 5.92 Å². The number of piperidine rings is 2. The number of amides is 2. The maximum Gasteiger partial charge on any atom is 0.229 e. The highest BCUT2D eigenvalue weighted by Crippen LogP contribution is 2.48. The number of hydrogen-bond donors (Lipinski definition) is 1. The Morgan fingerprint density at radius 2 is 1.64 bits per heavy atom. The SMILES string of the molecule is CC(C(=O)N1CCC2(CC1)CC(=O)NCC2c1ccccc1)c1ccccc1. The number of hydrogen-bond acceptors (Lipinski definition) is 2. The minimum Gasteiger partial charge on any atom is -0.355 e. The topological polar surface area (TPSA) is 49.4 Å². The number of benzene rings is 2. The summed E-state index contributed by atoms with van der Waals surface area (Å²) in [7, 11) is 0. The summed E-state index contributed by atoms with van der Waals surface area (Å²) in [4.78, 5) is 27.3. The zero-order chi connectivity index (χ0) is 19.6. The van der Waals surface area contributed by atoms with E-state index in [-0.39, 0.29) is 23.1 Å². The van der Waals surface area contributed by atoms with Crippen molar-refractivity contribution in [1.29, 1.82) is 0 Å². The fourth-order valence-corrected chi connectivity index (χ4v) is 4.95. The lowest BCUT2D eigenvalue weighted by Gasteiger charge is -2.49. The van der Waals surface area contributed by atoms with Gasteiger partial charge in [-0.2, -0.15) is 0 Å². The summed E-state index contributed by atoms with van der Waals surface area (Å²) in [6.45, 7) is 4.14. The molecule has 2 aliphatic heterocycles. The minimum absolute atomic E-state index is 0.0452.